The third-order valence-corrected chi connectivity index (χ3v) is 2.38. The first-order chi connectivity index (χ1) is 8.18. The van der Waals surface area contributed by atoms with Crippen molar-refractivity contribution in [3.63, 3.8) is 0 Å². The van der Waals surface area contributed by atoms with Crippen LogP contribution in [0.25, 0.3) is 0 Å². The zero-order valence-corrected chi connectivity index (χ0v) is 8.86. The van der Waals surface area contributed by atoms with Gasteiger partial charge >= 0.3 is 0 Å². The Morgan fingerprint density at radius 1 is 1.12 bits per heavy atom. The SMILES string of the molecule is O=C(Cc1cccc(F)c1F)c1ccncc1. The van der Waals surface area contributed by atoms with Gasteiger partial charge < -0.3 is 0 Å². The maximum absolute atomic E-state index is 13.3. The van der Waals surface area contributed by atoms with E-state index in [1.807, 2.05) is 0 Å². The molecule has 0 aliphatic carbocycles. The molecule has 2 aromatic rings. The van der Waals surface area contributed by atoms with Crippen LogP contribution in [0.5, 0.6) is 0 Å². The molecule has 0 atom stereocenters. The molecule has 0 amide bonds. The van der Waals surface area contributed by atoms with Gasteiger partial charge in [0.2, 0.25) is 0 Å². The number of pyridine rings is 1. The third-order valence-electron chi connectivity index (χ3n) is 2.38. The number of Topliss-reactive ketones (excluding diaryl/α,β-unsaturated/α-hetero) is 1. The summed E-state index contributed by atoms with van der Waals surface area (Å²) in [4.78, 5) is 15.5. The van der Waals surface area contributed by atoms with Crippen molar-refractivity contribution in [2.24, 2.45) is 0 Å². The maximum Gasteiger partial charge on any atom is 0.167 e. The van der Waals surface area contributed by atoms with Crippen LogP contribution in [0.1, 0.15) is 15.9 Å². The van der Waals surface area contributed by atoms with E-state index in [4.69, 9.17) is 0 Å². The van der Waals surface area contributed by atoms with Crippen LogP contribution in [0.4, 0.5) is 8.78 Å². The molecule has 86 valence electrons. The van der Waals surface area contributed by atoms with E-state index in [0.717, 1.165) is 6.07 Å². The molecule has 0 N–H and O–H groups in total. The molecule has 1 aromatic carbocycles. The average molecular weight is 233 g/mol. The summed E-state index contributed by atoms with van der Waals surface area (Å²) in [6, 6.07) is 6.89. The molecular weight excluding hydrogens is 224 g/mol. The molecule has 0 aliphatic rings. The van der Waals surface area contributed by atoms with Crippen LogP contribution in [0, 0.1) is 11.6 Å². The van der Waals surface area contributed by atoms with Gasteiger partial charge in [0.15, 0.2) is 17.4 Å². The van der Waals surface area contributed by atoms with Gasteiger partial charge in [-0.25, -0.2) is 8.78 Å². The van der Waals surface area contributed by atoms with E-state index in [2.05, 4.69) is 4.98 Å². The summed E-state index contributed by atoms with van der Waals surface area (Å²) in [5.74, 6) is -2.17. The maximum atomic E-state index is 13.3. The Kier molecular flexibility index (Phi) is 3.23. The van der Waals surface area contributed by atoms with Crippen molar-refractivity contribution in [3.8, 4) is 0 Å². The lowest BCUT2D eigenvalue weighted by atomic mass is 10.0. The van der Waals surface area contributed by atoms with E-state index in [1.165, 1.54) is 24.5 Å². The summed E-state index contributed by atoms with van der Waals surface area (Å²) in [7, 11) is 0. The molecule has 0 bridgehead atoms. The average Bonchev–Trinajstić information content (AvgIpc) is 2.36. The fourth-order valence-electron chi connectivity index (χ4n) is 1.50. The number of benzene rings is 1. The number of halogens is 2. The highest BCUT2D eigenvalue weighted by molar-refractivity contribution is 5.97. The van der Waals surface area contributed by atoms with Crippen molar-refractivity contribution in [2.45, 2.75) is 6.42 Å². The molecule has 17 heavy (non-hydrogen) atoms. The van der Waals surface area contributed by atoms with Gasteiger partial charge in [-0.2, -0.15) is 0 Å². The fourth-order valence-corrected chi connectivity index (χ4v) is 1.50. The molecule has 0 saturated carbocycles. The second-order valence-corrected chi connectivity index (χ2v) is 3.55. The van der Waals surface area contributed by atoms with Crippen molar-refractivity contribution < 1.29 is 13.6 Å². The van der Waals surface area contributed by atoms with Gasteiger partial charge in [0.25, 0.3) is 0 Å². The number of hydrogen-bond acceptors (Lipinski definition) is 2. The van der Waals surface area contributed by atoms with Gasteiger partial charge in [0, 0.05) is 24.4 Å². The molecule has 2 rings (SSSR count). The van der Waals surface area contributed by atoms with E-state index in [1.54, 1.807) is 12.1 Å². The molecule has 0 radical (unpaired) electrons. The van der Waals surface area contributed by atoms with Gasteiger partial charge in [-0.05, 0) is 23.8 Å². The van der Waals surface area contributed by atoms with Crippen molar-refractivity contribution in [3.05, 3.63) is 65.5 Å². The molecule has 0 aliphatic heterocycles. The van der Waals surface area contributed by atoms with Gasteiger partial charge in [-0.1, -0.05) is 12.1 Å². The first kappa shape index (κ1) is 11.4. The van der Waals surface area contributed by atoms with Gasteiger partial charge in [0.1, 0.15) is 0 Å². The molecule has 2 nitrogen and oxygen atoms in total. The summed E-state index contributed by atoms with van der Waals surface area (Å²) in [5.41, 5.74) is 0.496. The predicted octanol–water partition coefficient (Wildman–Crippen LogP) is 2.79. The number of hydrogen-bond donors (Lipinski definition) is 0. The highest BCUT2D eigenvalue weighted by Crippen LogP contribution is 2.14. The molecule has 4 heteroatoms. The van der Waals surface area contributed by atoms with Crippen molar-refractivity contribution in [1.82, 2.24) is 4.98 Å². The van der Waals surface area contributed by atoms with Crippen molar-refractivity contribution in [2.75, 3.05) is 0 Å². The highest BCUT2D eigenvalue weighted by Gasteiger charge is 2.12. The van der Waals surface area contributed by atoms with E-state index < -0.39 is 11.6 Å². The van der Waals surface area contributed by atoms with Crippen molar-refractivity contribution >= 4 is 5.78 Å². The third kappa shape index (κ3) is 2.53. The minimum Gasteiger partial charge on any atom is -0.294 e. The summed E-state index contributed by atoms with van der Waals surface area (Å²) < 4.78 is 26.3. The Morgan fingerprint density at radius 2 is 1.82 bits per heavy atom. The Labute approximate surface area is 96.9 Å². The number of ketones is 1. The Hall–Kier alpha value is -2.10. The van der Waals surface area contributed by atoms with Crippen LogP contribution in [0.15, 0.2) is 42.7 Å². The first-order valence-corrected chi connectivity index (χ1v) is 5.04. The van der Waals surface area contributed by atoms with Crippen LogP contribution in [-0.4, -0.2) is 10.8 Å². The van der Waals surface area contributed by atoms with E-state index in [0.29, 0.717) is 5.56 Å². The van der Waals surface area contributed by atoms with Gasteiger partial charge in [0.05, 0.1) is 0 Å². The van der Waals surface area contributed by atoms with Crippen LogP contribution in [-0.2, 0) is 6.42 Å². The number of nitrogens with zero attached hydrogens (tertiary/aromatic N) is 1. The molecule has 1 aromatic heterocycles. The second-order valence-electron chi connectivity index (χ2n) is 3.55. The molecule has 0 fully saturated rings. The lowest BCUT2D eigenvalue weighted by Gasteiger charge is -2.03. The lowest BCUT2D eigenvalue weighted by molar-refractivity contribution is 0.0991. The van der Waals surface area contributed by atoms with Crippen LogP contribution < -0.4 is 0 Å². The Balaban J connectivity index is 2.22. The molecule has 1 heterocycles. The quantitative estimate of drug-likeness (QED) is 0.763. The second kappa shape index (κ2) is 4.82. The summed E-state index contributed by atoms with van der Waals surface area (Å²) >= 11 is 0. The monoisotopic (exact) mass is 233 g/mol. The van der Waals surface area contributed by atoms with E-state index >= 15 is 0 Å². The summed E-state index contributed by atoms with van der Waals surface area (Å²) in [6.07, 6.45) is 2.80. The number of aromatic nitrogens is 1. The summed E-state index contributed by atoms with van der Waals surface area (Å²) in [5, 5.41) is 0. The van der Waals surface area contributed by atoms with E-state index in [-0.39, 0.29) is 17.8 Å². The predicted molar refractivity (Wildman–Crippen MR) is 58.6 cm³/mol. The van der Waals surface area contributed by atoms with Gasteiger partial charge in [-0.3, -0.25) is 9.78 Å². The molecular formula is C13H9F2NO. The Morgan fingerprint density at radius 3 is 2.53 bits per heavy atom. The molecule has 0 spiro atoms. The van der Waals surface area contributed by atoms with E-state index in [9.17, 15) is 13.6 Å². The largest absolute Gasteiger partial charge is 0.294 e. The number of rotatable bonds is 3. The topological polar surface area (TPSA) is 30.0 Å². The lowest BCUT2D eigenvalue weighted by Crippen LogP contribution is -2.06. The smallest absolute Gasteiger partial charge is 0.167 e. The minimum absolute atomic E-state index is 0.0619. The van der Waals surface area contributed by atoms with Crippen LogP contribution >= 0.6 is 0 Å². The zero-order chi connectivity index (χ0) is 12.3. The molecule has 0 unspecified atom stereocenters. The summed E-state index contributed by atoms with van der Waals surface area (Å²) in [6.45, 7) is 0. The van der Waals surface area contributed by atoms with Crippen LogP contribution in [0.3, 0.4) is 0 Å². The van der Waals surface area contributed by atoms with Gasteiger partial charge in [-0.15, -0.1) is 0 Å². The van der Waals surface area contributed by atoms with Crippen molar-refractivity contribution in [1.29, 1.82) is 0 Å². The fraction of sp³-hybridized carbons (Fsp3) is 0.0769. The molecule has 0 saturated heterocycles. The van der Waals surface area contributed by atoms with Crippen LogP contribution in [0.2, 0.25) is 0 Å². The Bertz CT molecular complexity index is 540. The number of carbonyl (C=O) groups is 1. The first-order valence-electron chi connectivity index (χ1n) is 5.04. The normalized spacial score (nSPS) is 10.2. The zero-order valence-electron chi connectivity index (χ0n) is 8.86. The highest BCUT2D eigenvalue weighted by atomic mass is 19.2. The number of carbonyl (C=O) groups excluding carboxylic acids is 1. The standard InChI is InChI=1S/C13H9F2NO/c14-11-3-1-2-10(13(11)15)8-12(17)9-4-6-16-7-5-9/h1-7H,8H2. The minimum atomic E-state index is -0.963.